The fraction of sp³-hybridized carbons (Fsp3) is 1.00. The van der Waals surface area contributed by atoms with E-state index in [1.165, 1.54) is 0 Å². The number of rotatable bonds is 3. The number of hydrogen-bond donors (Lipinski definition) is 1. The lowest BCUT2D eigenvalue weighted by Gasteiger charge is -2.37. The van der Waals surface area contributed by atoms with Crippen molar-refractivity contribution in [2.24, 2.45) is 0 Å². The molecule has 0 aromatic carbocycles. The quantitative estimate of drug-likeness (QED) is 0.757. The Morgan fingerprint density at radius 3 is 2.40 bits per heavy atom. The predicted molar refractivity (Wildman–Crippen MR) is 64.5 cm³/mol. The lowest BCUT2D eigenvalue weighted by atomic mass is 10.1. The van der Waals surface area contributed by atoms with E-state index in [0.29, 0.717) is 13.0 Å². The molecule has 4 heteroatoms. The molecule has 1 heterocycles. The van der Waals surface area contributed by atoms with Crippen LogP contribution in [0.2, 0.25) is 18.1 Å². The number of nitrogens with one attached hydrogen (secondary N) is 1. The van der Waals surface area contributed by atoms with E-state index < -0.39 is 14.0 Å². The van der Waals surface area contributed by atoms with Crippen molar-refractivity contribution in [1.82, 2.24) is 5.32 Å². The molecule has 1 rings (SSSR count). The molecular formula is C11H24FNOSi. The van der Waals surface area contributed by atoms with E-state index in [0.717, 1.165) is 6.54 Å². The molecule has 0 aliphatic carbocycles. The van der Waals surface area contributed by atoms with E-state index in [4.69, 9.17) is 4.43 Å². The molecule has 15 heavy (non-hydrogen) atoms. The van der Waals surface area contributed by atoms with Gasteiger partial charge in [0, 0.05) is 6.54 Å². The van der Waals surface area contributed by atoms with Gasteiger partial charge in [0.05, 0.1) is 6.61 Å². The summed E-state index contributed by atoms with van der Waals surface area (Å²) in [5, 5.41) is 3.21. The Hall–Kier alpha value is 0.0669. The molecule has 0 aromatic heterocycles. The van der Waals surface area contributed by atoms with Gasteiger partial charge in [-0.25, -0.2) is 4.39 Å². The van der Waals surface area contributed by atoms with Crippen molar-refractivity contribution in [2.75, 3.05) is 19.7 Å². The van der Waals surface area contributed by atoms with Crippen LogP contribution >= 0.6 is 0 Å². The fourth-order valence-corrected chi connectivity index (χ4v) is 2.42. The van der Waals surface area contributed by atoms with Gasteiger partial charge in [-0.05, 0) is 31.1 Å². The Morgan fingerprint density at radius 2 is 2.00 bits per heavy atom. The summed E-state index contributed by atoms with van der Waals surface area (Å²) < 4.78 is 20.0. The van der Waals surface area contributed by atoms with E-state index in [-0.39, 0.29) is 11.6 Å². The molecule has 90 valence electrons. The number of halogens is 1. The average Bonchev–Trinajstić information content (AvgIpc) is 2.48. The second-order valence-corrected chi connectivity index (χ2v) is 10.9. The maximum absolute atomic E-state index is 14.1. The van der Waals surface area contributed by atoms with Crippen molar-refractivity contribution in [2.45, 2.75) is 51.0 Å². The topological polar surface area (TPSA) is 21.3 Å². The summed E-state index contributed by atoms with van der Waals surface area (Å²) in [6.07, 6.45) is 0.585. The van der Waals surface area contributed by atoms with Crippen LogP contribution in [0.4, 0.5) is 4.39 Å². The molecule has 0 aromatic rings. The molecule has 1 aliphatic heterocycles. The molecule has 0 spiro atoms. The first-order valence-corrected chi connectivity index (χ1v) is 8.61. The van der Waals surface area contributed by atoms with Crippen LogP contribution in [0.1, 0.15) is 27.2 Å². The minimum absolute atomic E-state index is 0.162. The zero-order valence-corrected chi connectivity index (χ0v) is 11.6. The van der Waals surface area contributed by atoms with Crippen LogP contribution in [0.5, 0.6) is 0 Å². The van der Waals surface area contributed by atoms with Gasteiger partial charge in [0.25, 0.3) is 0 Å². The summed E-state index contributed by atoms with van der Waals surface area (Å²) in [7, 11) is -1.79. The minimum atomic E-state index is -1.79. The summed E-state index contributed by atoms with van der Waals surface area (Å²) in [5.41, 5.74) is -1.13. The lowest BCUT2D eigenvalue weighted by Crippen LogP contribution is -2.45. The van der Waals surface area contributed by atoms with Gasteiger partial charge >= 0.3 is 0 Å². The average molecular weight is 233 g/mol. The largest absolute Gasteiger partial charge is 0.414 e. The van der Waals surface area contributed by atoms with Crippen LogP contribution in [0, 0.1) is 0 Å². The summed E-state index contributed by atoms with van der Waals surface area (Å²) in [6.45, 7) is 12.3. The molecule has 0 amide bonds. The first-order chi connectivity index (χ1) is 6.66. The highest BCUT2D eigenvalue weighted by atomic mass is 28.4. The normalized spacial score (nSPS) is 28.4. The van der Waals surface area contributed by atoms with Gasteiger partial charge in [0.15, 0.2) is 8.32 Å². The maximum Gasteiger partial charge on any atom is 0.192 e. The zero-order valence-electron chi connectivity index (χ0n) is 10.6. The Labute approximate surface area is 93.7 Å². The van der Waals surface area contributed by atoms with Gasteiger partial charge in [-0.3, -0.25) is 0 Å². The SMILES string of the molecule is CC(C)(C)[Si](C)(C)OC[C@@]1(F)CCNC1. The van der Waals surface area contributed by atoms with Crippen LogP contribution in [-0.2, 0) is 4.43 Å². The second-order valence-electron chi connectivity index (χ2n) is 6.13. The van der Waals surface area contributed by atoms with Crippen molar-refractivity contribution < 1.29 is 8.82 Å². The molecule has 1 fully saturated rings. The highest BCUT2D eigenvalue weighted by molar-refractivity contribution is 6.74. The van der Waals surface area contributed by atoms with E-state index in [9.17, 15) is 4.39 Å². The third-order valence-electron chi connectivity index (χ3n) is 3.69. The van der Waals surface area contributed by atoms with E-state index in [1.54, 1.807) is 0 Å². The molecule has 1 aliphatic rings. The predicted octanol–water partition coefficient (Wildman–Crippen LogP) is 2.71. The van der Waals surface area contributed by atoms with Gasteiger partial charge in [-0.2, -0.15) is 0 Å². The summed E-state index contributed by atoms with van der Waals surface area (Å²) in [4.78, 5) is 0. The fourth-order valence-electron chi connectivity index (χ4n) is 1.36. The van der Waals surface area contributed by atoms with Gasteiger partial charge in [-0.15, -0.1) is 0 Å². The molecule has 2 nitrogen and oxygen atoms in total. The molecule has 1 saturated heterocycles. The summed E-state index contributed by atoms with van der Waals surface area (Å²) in [5.74, 6) is 0. The highest BCUT2D eigenvalue weighted by Crippen LogP contribution is 2.37. The van der Waals surface area contributed by atoms with Crippen molar-refractivity contribution in [3.63, 3.8) is 0 Å². The smallest absolute Gasteiger partial charge is 0.192 e. The first-order valence-electron chi connectivity index (χ1n) is 5.70. The standard InChI is InChI=1S/C11H24FNOSi/c1-10(2,3)15(4,5)14-9-11(12)6-7-13-8-11/h13H,6-9H2,1-5H3/t11-/m1/s1. The van der Waals surface area contributed by atoms with E-state index in [1.807, 2.05) is 0 Å². The number of alkyl halides is 1. The minimum Gasteiger partial charge on any atom is -0.414 e. The van der Waals surface area contributed by atoms with E-state index >= 15 is 0 Å². The van der Waals surface area contributed by atoms with Gasteiger partial charge in [0.1, 0.15) is 5.67 Å². The molecular weight excluding hydrogens is 209 g/mol. The van der Waals surface area contributed by atoms with Crippen molar-refractivity contribution in [3.05, 3.63) is 0 Å². The van der Waals surface area contributed by atoms with Crippen molar-refractivity contribution in [3.8, 4) is 0 Å². The third kappa shape index (κ3) is 3.26. The number of hydrogen-bond acceptors (Lipinski definition) is 2. The van der Waals surface area contributed by atoms with Crippen LogP contribution < -0.4 is 5.32 Å². The monoisotopic (exact) mass is 233 g/mol. The van der Waals surface area contributed by atoms with Gasteiger partial charge < -0.3 is 9.74 Å². The van der Waals surface area contributed by atoms with Crippen LogP contribution in [0.15, 0.2) is 0 Å². The third-order valence-corrected chi connectivity index (χ3v) is 8.17. The maximum atomic E-state index is 14.1. The van der Waals surface area contributed by atoms with Crippen molar-refractivity contribution >= 4 is 8.32 Å². The zero-order chi connectivity index (χ0) is 11.7. The van der Waals surface area contributed by atoms with Gasteiger partial charge in [0.2, 0.25) is 0 Å². The Morgan fingerprint density at radius 1 is 1.40 bits per heavy atom. The van der Waals surface area contributed by atoms with Crippen molar-refractivity contribution in [1.29, 1.82) is 0 Å². The van der Waals surface area contributed by atoms with E-state index in [2.05, 4.69) is 39.2 Å². The van der Waals surface area contributed by atoms with Crippen LogP contribution in [0.25, 0.3) is 0 Å². The molecule has 0 radical (unpaired) electrons. The molecule has 1 atom stereocenters. The lowest BCUT2D eigenvalue weighted by molar-refractivity contribution is 0.0948. The Bertz CT molecular complexity index is 219. The molecule has 0 saturated carbocycles. The Balaban J connectivity index is 2.49. The molecule has 0 unspecified atom stereocenters. The molecule has 0 bridgehead atoms. The molecule has 1 N–H and O–H groups in total. The second kappa shape index (κ2) is 4.15. The highest BCUT2D eigenvalue weighted by Gasteiger charge is 2.41. The summed E-state index contributed by atoms with van der Waals surface area (Å²) in [6, 6.07) is 0. The van der Waals surface area contributed by atoms with Gasteiger partial charge in [-0.1, -0.05) is 20.8 Å². The van der Waals surface area contributed by atoms with Crippen LogP contribution in [-0.4, -0.2) is 33.7 Å². The van der Waals surface area contributed by atoms with Crippen LogP contribution in [0.3, 0.4) is 0 Å². The summed E-state index contributed by atoms with van der Waals surface area (Å²) >= 11 is 0. The Kier molecular flexibility index (Phi) is 3.63. The first kappa shape index (κ1) is 13.1.